The van der Waals surface area contributed by atoms with Crippen molar-refractivity contribution in [3.63, 3.8) is 0 Å². The summed E-state index contributed by atoms with van der Waals surface area (Å²) >= 11 is 0. The SMILES string of the molecule is COCCCNC(=O)CN1CC(C)OCC1C. The summed E-state index contributed by atoms with van der Waals surface area (Å²) < 4.78 is 10.5. The Kier molecular flexibility index (Phi) is 6.47. The lowest BCUT2D eigenvalue weighted by molar-refractivity contribution is -0.125. The molecule has 1 saturated heterocycles. The molecule has 1 heterocycles. The van der Waals surface area contributed by atoms with Gasteiger partial charge in [-0.05, 0) is 20.3 Å². The van der Waals surface area contributed by atoms with Crippen LogP contribution in [0.2, 0.25) is 0 Å². The van der Waals surface area contributed by atoms with Crippen molar-refractivity contribution in [2.24, 2.45) is 0 Å². The molecular weight excluding hydrogens is 220 g/mol. The minimum absolute atomic E-state index is 0.0852. The normalized spacial score (nSPS) is 25.8. The number of nitrogens with one attached hydrogen (secondary N) is 1. The summed E-state index contributed by atoms with van der Waals surface area (Å²) in [5.41, 5.74) is 0. The quantitative estimate of drug-likeness (QED) is 0.680. The van der Waals surface area contributed by atoms with Crippen LogP contribution in [-0.2, 0) is 14.3 Å². The van der Waals surface area contributed by atoms with Gasteiger partial charge in [-0.15, -0.1) is 0 Å². The molecule has 0 aromatic carbocycles. The highest BCUT2D eigenvalue weighted by Crippen LogP contribution is 2.10. The van der Waals surface area contributed by atoms with Crippen LogP contribution < -0.4 is 5.32 Å². The van der Waals surface area contributed by atoms with E-state index in [9.17, 15) is 4.79 Å². The van der Waals surface area contributed by atoms with Crippen LogP contribution >= 0.6 is 0 Å². The largest absolute Gasteiger partial charge is 0.385 e. The van der Waals surface area contributed by atoms with Gasteiger partial charge in [-0.3, -0.25) is 9.69 Å². The van der Waals surface area contributed by atoms with Gasteiger partial charge in [-0.2, -0.15) is 0 Å². The van der Waals surface area contributed by atoms with Gasteiger partial charge in [-0.25, -0.2) is 0 Å². The Morgan fingerprint density at radius 2 is 2.29 bits per heavy atom. The van der Waals surface area contributed by atoms with Crippen LogP contribution in [0.5, 0.6) is 0 Å². The molecule has 5 heteroatoms. The molecule has 17 heavy (non-hydrogen) atoms. The van der Waals surface area contributed by atoms with Crippen molar-refractivity contribution in [1.82, 2.24) is 10.2 Å². The van der Waals surface area contributed by atoms with E-state index >= 15 is 0 Å². The molecular formula is C12H24N2O3. The van der Waals surface area contributed by atoms with E-state index < -0.39 is 0 Å². The van der Waals surface area contributed by atoms with Crippen LogP contribution in [-0.4, -0.2) is 62.9 Å². The molecule has 2 atom stereocenters. The van der Waals surface area contributed by atoms with Crippen molar-refractivity contribution in [2.75, 3.05) is 40.0 Å². The first-order valence-electron chi connectivity index (χ1n) is 6.24. The van der Waals surface area contributed by atoms with Crippen molar-refractivity contribution >= 4 is 5.91 Å². The second-order valence-corrected chi connectivity index (χ2v) is 4.62. The molecule has 0 aromatic rings. The first kappa shape index (κ1) is 14.4. The molecule has 1 amide bonds. The number of methoxy groups -OCH3 is 1. The molecule has 0 aromatic heterocycles. The standard InChI is InChI=1S/C12H24N2O3/c1-10-9-17-11(2)7-14(10)8-12(15)13-5-4-6-16-3/h10-11H,4-9H2,1-3H3,(H,13,15). The van der Waals surface area contributed by atoms with Crippen molar-refractivity contribution in [1.29, 1.82) is 0 Å². The molecule has 0 spiro atoms. The number of hydrogen-bond donors (Lipinski definition) is 1. The number of carbonyl (C=O) groups excluding carboxylic acids is 1. The highest BCUT2D eigenvalue weighted by molar-refractivity contribution is 5.78. The zero-order valence-corrected chi connectivity index (χ0v) is 11.1. The number of morpholine rings is 1. The predicted molar refractivity (Wildman–Crippen MR) is 66.0 cm³/mol. The van der Waals surface area contributed by atoms with Gasteiger partial charge in [0.1, 0.15) is 0 Å². The van der Waals surface area contributed by atoms with Gasteiger partial charge in [0.25, 0.3) is 0 Å². The molecule has 1 aliphatic rings. The number of hydrogen-bond acceptors (Lipinski definition) is 4. The van der Waals surface area contributed by atoms with Crippen molar-refractivity contribution in [3.05, 3.63) is 0 Å². The minimum atomic E-state index is 0.0852. The lowest BCUT2D eigenvalue weighted by Crippen LogP contribution is -2.51. The highest BCUT2D eigenvalue weighted by atomic mass is 16.5. The molecule has 1 aliphatic heterocycles. The first-order valence-corrected chi connectivity index (χ1v) is 6.24. The van der Waals surface area contributed by atoms with Crippen LogP contribution in [0.1, 0.15) is 20.3 Å². The lowest BCUT2D eigenvalue weighted by atomic mass is 10.2. The highest BCUT2D eigenvalue weighted by Gasteiger charge is 2.24. The zero-order valence-electron chi connectivity index (χ0n) is 11.1. The average molecular weight is 244 g/mol. The van der Waals surface area contributed by atoms with Crippen molar-refractivity contribution in [2.45, 2.75) is 32.4 Å². The van der Waals surface area contributed by atoms with Gasteiger partial charge in [0.05, 0.1) is 19.3 Å². The number of amides is 1. The molecule has 0 bridgehead atoms. The minimum Gasteiger partial charge on any atom is -0.385 e. The van der Waals surface area contributed by atoms with Crippen LogP contribution in [0.15, 0.2) is 0 Å². The van der Waals surface area contributed by atoms with E-state index in [2.05, 4.69) is 17.1 Å². The third-order valence-electron chi connectivity index (χ3n) is 2.93. The maximum absolute atomic E-state index is 11.7. The van der Waals surface area contributed by atoms with Crippen molar-refractivity contribution < 1.29 is 14.3 Å². The summed E-state index contributed by atoms with van der Waals surface area (Å²) in [6, 6.07) is 0.316. The third-order valence-corrected chi connectivity index (χ3v) is 2.93. The second-order valence-electron chi connectivity index (χ2n) is 4.62. The van der Waals surface area contributed by atoms with Crippen LogP contribution in [0.3, 0.4) is 0 Å². The summed E-state index contributed by atoms with van der Waals surface area (Å²) in [4.78, 5) is 13.9. The maximum Gasteiger partial charge on any atom is 0.234 e. The molecule has 0 radical (unpaired) electrons. The summed E-state index contributed by atoms with van der Waals surface area (Å²) in [7, 11) is 1.67. The maximum atomic E-state index is 11.7. The van der Waals surface area contributed by atoms with E-state index in [1.54, 1.807) is 7.11 Å². The van der Waals surface area contributed by atoms with E-state index in [-0.39, 0.29) is 12.0 Å². The number of carbonyl (C=O) groups is 1. The smallest absolute Gasteiger partial charge is 0.234 e. The van der Waals surface area contributed by atoms with Gasteiger partial charge in [0.15, 0.2) is 0 Å². The number of nitrogens with zero attached hydrogens (tertiary/aromatic N) is 1. The second kappa shape index (κ2) is 7.63. The van der Waals surface area contributed by atoms with Crippen molar-refractivity contribution in [3.8, 4) is 0 Å². The molecule has 100 valence electrons. The average Bonchev–Trinajstić information content (AvgIpc) is 2.29. The van der Waals surface area contributed by atoms with Gasteiger partial charge in [0.2, 0.25) is 5.91 Å². The van der Waals surface area contributed by atoms with Gasteiger partial charge >= 0.3 is 0 Å². The molecule has 2 unspecified atom stereocenters. The summed E-state index contributed by atoms with van der Waals surface area (Å²) in [5, 5.41) is 2.90. The first-order chi connectivity index (χ1) is 8.13. The summed E-state index contributed by atoms with van der Waals surface area (Å²) in [6.45, 7) is 7.48. The Balaban J connectivity index is 2.20. The molecule has 1 rings (SSSR count). The third kappa shape index (κ3) is 5.48. The molecule has 0 aliphatic carbocycles. The number of rotatable bonds is 6. The van der Waals surface area contributed by atoms with Gasteiger partial charge in [-0.1, -0.05) is 0 Å². The van der Waals surface area contributed by atoms with E-state index in [0.29, 0.717) is 32.3 Å². The zero-order chi connectivity index (χ0) is 12.7. The number of ether oxygens (including phenoxy) is 2. The van der Waals surface area contributed by atoms with Gasteiger partial charge < -0.3 is 14.8 Å². The Morgan fingerprint density at radius 3 is 3.00 bits per heavy atom. The van der Waals surface area contributed by atoms with Crippen LogP contribution in [0, 0.1) is 0 Å². The lowest BCUT2D eigenvalue weighted by Gasteiger charge is -2.36. The fraction of sp³-hybridized carbons (Fsp3) is 0.917. The monoisotopic (exact) mass is 244 g/mol. The van der Waals surface area contributed by atoms with Crippen LogP contribution in [0.25, 0.3) is 0 Å². The fourth-order valence-corrected chi connectivity index (χ4v) is 1.88. The van der Waals surface area contributed by atoms with E-state index in [4.69, 9.17) is 9.47 Å². The summed E-state index contributed by atoms with van der Waals surface area (Å²) in [6.07, 6.45) is 1.07. The Bertz CT molecular complexity index is 236. The molecule has 1 fully saturated rings. The predicted octanol–water partition coefficient (Wildman–Crippen LogP) is 0.248. The van der Waals surface area contributed by atoms with E-state index in [1.165, 1.54) is 0 Å². The van der Waals surface area contributed by atoms with E-state index in [1.807, 2.05) is 6.92 Å². The van der Waals surface area contributed by atoms with Crippen LogP contribution in [0.4, 0.5) is 0 Å². The Labute approximate surface area is 103 Å². The van der Waals surface area contributed by atoms with E-state index in [0.717, 1.165) is 13.0 Å². The topological polar surface area (TPSA) is 50.8 Å². The van der Waals surface area contributed by atoms with Gasteiger partial charge in [0, 0.05) is 32.8 Å². The molecule has 5 nitrogen and oxygen atoms in total. The Morgan fingerprint density at radius 1 is 1.53 bits per heavy atom. The molecule has 1 N–H and O–H groups in total. The Hall–Kier alpha value is -0.650. The molecule has 0 saturated carbocycles. The summed E-state index contributed by atoms with van der Waals surface area (Å²) in [5.74, 6) is 0.0852. The fourth-order valence-electron chi connectivity index (χ4n) is 1.88.